The van der Waals surface area contributed by atoms with Crippen LogP contribution in [0.3, 0.4) is 0 Å². The third-order valence-electron chi connectivity index (χ3n) is 6.04. The van der Waals surface area contributed by atoms with Crippen LogP contribution in [0, 0.1) is 0 Å². The van der Waals surface area contributed by atoms with Crippen molar-refractivity contribution in [2.45, 2.75) is 13.0 Å². The number of hydrogen-bond acceptors (Lipinski definition) is 11. The number of hydroxylamine groups is 1. The third-order valence-corrected chi connectivity index (χ3v) is 7.14. The molecule has 5 rings (SSSR count). The Labute approximate surface area is 217 Å². The van der Waals surface area contributed by atoms with Gasteiger partial charge in [0.05, 0.1) is 35.5 Å². The molecule has 3 N–H and O–H groups in total. The molecule has 192 valence electrons. The summed E-state index contributed by atoms with van der Waals surface area (Å²) in [5.74, 6) is 1.33. The Morgan fingerprint density at radius 2 is 1.97 bits per heavy atom. The monoisotopic (exact) mass is 521 g/mol. The van der Waals surface area contributed by atoms with E-state index in [1.807, 2.05) is 36.2 Å². The van der Waals surface area contributed by atoms with E-state index in [1.165, 1.54) is 12.4 Å². The van der Waals surface area contributed by atoms with Crippen LogP contribution in [0.5, 0.6) is 0 Å². The van der Waals surface area contributed by atoms with Crippen LogP contribution in [0.1, 0.15) is 20.8 Å². The van der Waals surface area contributed by atoms with E-state index < -0.39 is 5.91 Å². The second kappa shape index (κ2) is 11.1. The van der Waals surface area contributed by atoms with Gasteiger partial charge >= 0.3 is 0 Å². The summed E-state index contributed by atoms with van der Waals surface area (Å²) in [6.07, 6.45) is 3.32. The second-order valence-electron chi connectivity index (χ2n) is 8.64. The zero-order valence-corrected chi connectivity index (χ0v) is 21.1. The topological polar surface area (TPSA) is 137 Å². The summed E-state index contributed by atoms with van der Waals surface area (Å²) >= 11 is 1.63. The van der Waals surface area contributed by atoms with Crippen LogP contribution in [-0.4, -0.2) is 76.1 Å². The molecule has 4 heterocycles. The summed E-state index contributed by atoms with van der Waals surface area (Å²) in [4.78, 5) is 35.1. The number of ether oxygens (including phenoxy) is 1. The van der Waals surface area contributed by atoms with Gasteiger partial charge < -0.3 is 19.6 Å². The van der Waals surface area contributed by atoms with Crippen LogP contribution < -0.4 is 15.3 Å². The van der Waals surface area contributed by atoms with E-state index in [9.17, 15) is 9.90 Å². The highest BCUT2D eigenvalue weighted by Gasteiger charge is 2.21. The van der Waals surface area contributed by atoms with Gasteiger partial charge in [0.1, 0.15) is 0 Å². The molecular weight excluding hydrogens is 494 g/mol. The fourth-order valence-electron chi connectivity index (χ4n) is 4.16. The predicted octanol–water partition coefficient (Wildman–Crippen LogP) is 2.28. The van der Waals surface area contributed by atoms with Gasteiger partial charge in [0.2, 0.25) is 5.95 Å². The lowest BCUT2D eigenvalue weighted by molar-refractivity contribution is 0.0705. The summed E-state index contributed by atoms with van der Waals surface area (Å²) in [6, 6.07) is 10.0. The lowest BCUT2D eigenvalue weighted by Crippen LogP contribution is -2.36. The Bertz CT molecular complexity index is 1390. The molecule has 0 unspecified atom stereocenters. The predicted molar refractivity (Wildman–Crippen MR) is 140 cm³/mol. The molecule has 37 heavy (non-hydrogen) atoms. The van der Waals surface area contributed by atoms with Gasteiger partial charge in [-0.3, -0.25) is 10.0 Å². The van der Waals surface area contributed by atoms with Crippen LogP contribution in [0.2, 0.25) is 0 Å². The molecule has 0 bridgehead atoms. The molecule has 1 saturated heterocycles. The first-order valence-corrected chi connectivity index (χ1v) is 12.7. The van der Waals surface area contributed by atoms with Crippen LogP contribution >= 0.6 is 11.3 Å². The van der Waals surface area contributed by atoms with Crippen molar-refractivity contribution < 1.29 is 19.8 Å². The highest BCUT2D eigenvalue weighted by molar-refractivity contribution is 7.19. The number of carbonyl (C=O) groups excluding carboxylic acids is 1. The van der Waals surface area contributed by atoms with Crippen LogP contribution in [0.15, 0.2) is 42.7 Å². The van der Waals surface area contributed by atoms with Gasteiger partial charge in [-0.05, 0) is 24.1 Å². The fraction of sp³-hybridized carbons (Fsp3) is 0.320. The highest BCUT2D eigenvalue weighted by atomic mass is 32.1. The van der Waals surface area contributed by atoms with Crippen molar-refractivity contribution in [2.24, 2.45) is 0 Å². The number of benzene rings is 1. The first-order valence-electron chi connectivity index (χ1n) is 11.9. The molecule has 3 aromatic heterocycles. The molecule has 0 saturated carbocycles. The summed E-state index contributed by atoms with van der Waals surface area (Å²) in [7, 11) is 1.87. The number of aliphatic hydroxyl groups excluding tert-OH is 1. The molecule has 4 aromatic rings. The maximum atomic E-state index is 11.5. The van der Waals surface area contributed by atoms with E-state index in [2.05, 4.69) is 20.9 Å². The normalized spacial score (nSPS) is 13.6. The summed E-state index contributed by atoms with van der Waals surface area (Å²) in [6.45, 7) is 3.43. The first kappa shape index (κ1) is 25.0. The molecule has 12 heteroatoms. The average Bonchev–Trinajstić information content (AvgIpc) is 3.35. The summed E-state index contributed by atoms with van der Waals surface area (Å²) in [5, 5.41) is 18.1. The molecule has 0 spiro atoms. The number of nitrogens with zero attached hydrogens (tertiary/aromatic N) is 6. The molecule has 0 radical (unpaired) electrons. The number of fused-ring (bicyclic) bond motifs is 1. The first-order chi connectivity index (χ1) is 18.1. The molecule has 0 aliphatic carbocycles. The van der Waals surface area contributed by atoms with Crippen LogP contribution in [0.25, 0.3) is 21.6 Å². The minimum Gasteiger partial charge on any atom is -0.396 e. The van der Waals surface area contributed by atoms with E-state index in [4.69, 9.17) is 19.9 Å². The Hall–Kier alpha value is -3.71. The van der Waals surface area contributed by atoms with E-state index in [-0.39, 0.29) is 12.2 Å². The van der Waals surface area contributed by atoms with Crippen molar-refractivity contribution in [1.29, 1.82) is 0 Å². The van der Waals surface area contributed by atoms with Gasteiger partial charge in [0.25, 0.3) is 5.91 Å². The Kier molecular flexibility index (Phi) is 7.51. The number of carbonyl (C=O) groups is 1. The molecule has 1 amide bonds. The number of anilines is 2. The lowest BCUT2D eigenvalue weighted by atomic mass is 10.1. The smallest absolute Gasteiger partial charge is 0.277 e. The number of rotatable bonds is 8. The van der Waals surface area contributed by atoms with Gasteiger partial charge in [-0.2, -0.15) is 0 Å². The lowest BCUT2D eigenvalue weighted by Gasteiger charge is -2.28. The number of thiophene rings is 1. The number of amides is 1. The molecular formula is C25H27N7O4S. The number of aromatic nitrogens is 4. The van der Waals surface area contributed by atoms with E-state index in [0.717, 1.165) is 45.1 Å². The molecule has 11 nitrogen and oxygen atoms in total. The molecule has 1 fully saturated rings. The van der Waals surface area contributed by atoms with Crippen molar-refractivity contribution in [3.05, 3.63) is 58.7 Å². The van der Waals surface area contributed by atoms with Gasteiger partial charge in [-0.15, -0.1) is 11.3 Å². The van der Waals surface area contributed by atoms with E-state index in [0.29, 0.717) is 38.0 Å². The quantitative estimate of drug-likeness (QED) is 0.234. The van der Waals surface area contributed by atoms with Crippen molar-refractivity contribution in [3.8, 4) is 11.4 Å². The second-order valence-corrected chi connectivity index (χ2v) is 9.78. The van der Waals surface area contributed by atoms with Crippen molar-refractivity contribution in [3.63, 3.8) is 0 Å². The number of morpholine rings is 1. The van der Waals surface area contributed by atoms with Gasteiger partial charge in [-0.1, -0.05) is 18.2 Å². The Morgan fingerprint density at radius 1 is 1.19 bits per heavy atom. The standard InChI is InChI=1S/C25H27N7O4S/c1-31(25-26-13-18(14-27-25)24(34)30-35)15-19-12-20-21(37-19)23(32-6-9-36-10-7-32)29-22(28-20)17-4-2-3-16(11-17)5-8-33/h2-4,11-14,33,35H,5-10,15H2,1H3,(H,30,34). The van der Waals surface area contributed by atoms with Crippen molar-refractivity contribution >= 4 is 39.2 Å². The average molecular weight is 522 g/mol. The van der Waals surface area contributed by atoms with Gasteiger partial charge in [-0.25, -0.2) is 25.4 Å². The minimum atomic E-state index is -0.661. The van der Waals surface area contributed by atoms with Gasteiger partial charge in [0, 0.05) is 49.6 Å². The Morgan fingerprint density at radius 3 is 2.70 bits per heavy atom. The summed E-state index contributed by atoms with van der Waals surface area (Å²) < 4.78 is 6.57. The number of aliphatic hydroxyl groups is 1. The third kappa shape index (κ3) is 5.52. The van der Waals surface area contributed by atoms with E-state index in [1.54, 1.807) is 16.8 Å². The molecule has 0 atom stereocenters. The minimum absolute atomic E-state index is 0.0881. The maximum absolute atomic E-state index is 11.5. The zero-order chi connectivity index (χ0) is 25.8. The Balaban J connectivity index is 1.48. The number of hydrogen-bond donors (Lipinski definition) is 3. The van der Waals surface area contributed by atoms with Crippen molar-refractivity contribution in [2.75, 3.05) is 49.8 Å². The fourth-order valence-corrected chi connectivity index (χ4v) is 5.33. The van der Waals surface area contributed by atoms with Crippen LogP contribution in [-0.2, 0) is 17.7 Å². The van der Waals surface area contributed by atoms with Crippen molar-refractivity contribution in [1.82, 2.24) is 25.4 Å². The van der Waals surface area contributed by atoms with Crippen LogP contribution in [0.4, 0.5) is 11.8 Å². The maximum Gasteiger partial charge on any atom is 0.277 e. The molecule has 1 aliphatic rings. The molecule has 1 aliphatic heterocycles. The highest BCUT2D eigenvalue weighted by Crippen LogP contribution is 2.35. The molecule has 1 aromatic carbocycles. The summed E-state index contributed by atoms with van der Waals surface area (Å²) in [5.41, 5.74) is 4.55. The zero-order valence-electron chi connectivity index (χ0n) is 20.3. The number of nitrogens with one attached hydrogen (secondary N) is 1. The SMILES string of the molecule is CN(Cc1cc2nc(-c3cccc(CCO)c3)nc(N3CCOCC3)c2s1)c1ncc(C(=O)NO)cn1. The largest absolute Gasteiger partial charge is 0.396 e. The van der Waals surface area contributed by atoms with E-state index >= 15 is 0 Å². The van der Waals surface area contributed by atoms with Gasteiger partial charge in [0.15, 0.2) is 11.6 Å².